The highest BCUT2D eigenvalue weighted by molar-refractivity contribution is 5.94. The van der Waals surface area contributed by atoms with Crippen LogP contribution < -0.4 is 5.32 Å². The molecule has 2 heterocycles. The zero-order valence-corrected chi connectivity index (χ0v) is 19.4. The highest BCUT2D eigenvalue weighted by Gasteiger charge is 2.26. The first-order chi connectivity index (χ1) is 15.4. The lowest BCUT2D eigenvalue weighted by Crippen LogP contribution is -2.41. The van der Waals surface area contributed by atoms with Crippen LogP contribution in [0.2, 0.25) is 0 Å². The predicted molar refractivity (Wildman–Crippen MR) is 129 cm³/mol. The van der Waals surface area contributed by atoms with Crippen molar-refractivity contribution in [2.45, 2.75) is 46.6 Å². The number of carbonyl (C=O) groups is 2. The molecule has 0 saturated heterocycles. The summed E-state index contributed by atoms with van der Waals surface area (Å²) in [5.74, 6) is 0.150. The van der Waals surface area contributed by atoms with Crippen LogP contribution in [-0.4, -0.2) is 47.8 Å². The summed E-state index contributed by atoms with van der Waals surface area (Å²) in [6, 6.07) is 12.3. The Bertz CT molecular complexity index is 1040. The number of hydrogen-bond acceptors (Lipinski definition) is 3. The molecule has 2 aromatic rings. The molecule has 2 aromatic carbocycles. The van der Waals surface area contributed by atoms with E-state index in [9.17, 15) is 9.59 Å². The lowest BCUT2D eigenvalue weighted by molar-refractivity contribution is -0.128. The number of anilines is 1. The summed E-state index contributed by atoms with van der Waals surface area (Å²) < 4.78 is 0. The maximum Gasteiger partial charge on any atom is 0.251 e. The molecule has 1 N–H and O–H groups in total. The molecule has 168 valence electrons. The summed E-state index contributed by atoms with van der Waals surface area (Å²) in [6.45, 7) is 9.92. The van der Waals surface area contributed by atoms with Crippen LogP contribution in [-0.2, 0) is 22.6 Å². The van der Waals surface area contributed by atoms with Crippen LogP contribution >= 0.6 is 0 Å². The normalized spacial score (nSPS) is 16.3. The van der Waals surface area contributed by atoms with Crippen LogP contribution in [0.1, 0.15) is 40.7 Å². The minimum Gasteiger partial charge on any atom is -0.334 e. The van der Waals surface area contributed by atoms with Crippen LogP contribution in [0.25, 0.3) is 0 Å². The van der Waals surface area contributed by atoms with E-state index < -0.39 is 0 Å². The van der Waals surface area contributed by atoms with Crippen molar-refractivity contribution in [1.82, 2.24) is 9.80 Å². The van der Waals surface area contributed by atoms with Gasteiger partial charge in [-0.1, -0.05) is 35.9 Å². The van der Waals surface area contributed by atoms with E-state index in [0.29, 0.717) is 26.1 Å². The van der Waals surface area contributed by atoms with Gasteiger partial charge in [-0.05, 0) is 68.0 Å². The first-order valence-electron chi connectivity index (χ1n) is 11.6. The van der Waals surface area contributed by atoms with Gasteiger partial charge in [-0.2, -0.15) is 0 Å². The average Bonchev–Trinajstić information content (AvgIpc) is 2.79. The fraction of sp³-hybridized carbons (Fsp3) is 0.407. The highest BCUT2D eigenvalue weighted by atomic mass is 16.2. The first kappa shape index (κ1) is 22.3. The quantitative estimate of drug-likeness (QED) is 0.774. The van der Waals surface area contributed by atoms with Crippen molar-refractivity contribution in [1.29, 1.82) is 0 Å². The van der Waals surface area contributed by atoms with Crippen molar-refractivity contribution in [3.63, 3.8) is 0 Å². The van der Waals surface area contributed by atoms with Gasteiger partial charge in [-0.3, -0.25) is 14.5 Å². The minimum atomic E-state index is 0.00887. The molecule has 0 atom stereocenters. The highest BCUT2D eigenvalue weighted by Crippen LogP contribution is 2.24. The number of amides is 2. The van der Waals surface area contributed by atoms with E-state index in [1.165, 1.54) is 27.8 Å². The molecule has 5 heteroatoms. The van der Waals surface area contributed by atoms with Crippen molar-refractivity contribution in [2.24, 2.45) is 0 Å². The molecule has 5 nitrogen and oxygen atoms in total. The minimum absolute atomic E-state index is 0.00887. The molecule has 0 aliphatic carbocycles. The van der Waals surface area contributed by atoms with Gasteiger partial charge in [0.25, 0.3) is 5.91 Å². The van der Waals surface area contributed by atoms with Crippen molar-refractivity contribution < 1.29 is 9.59 Å². The van der Waals surface area contributed by atoms with Gasteiger partial charge in [0, 0.05) is 50.4 Å². The van der Waals surface area contributed by atoms with E-state index in [1.807, 2.05) is 36.1 Å². The molecule has 0 bridgehead atoms. The van der Waals surface area contributed by atoms with Gasteiger partial charge < -0.3 is 10.2 Å². The summed E-state index contributed by atoms with van der Waals surface area (Å²) >= 11 is 0. The maximum atomic E-state index is 13.2. The van der Waals surface area contributed by atoms with Crippen molar-refractivity contribution >= 4 is 17.5 Å². The molecule has 2 aliphatic rings. The molecule has 2 aliphatic heterocycles. The van der Waals surface area contributed by atoms with E-state index >= 15 is 0 Å². The fourth-order valence-corrected chi connectivity index (χ4v) is 4.50. The SMILES string of the molecule is Cc1ccc(NC(=O)CCN2CCC=C(C(=O)N3CCc4cc(C)c(C)cc4C3)C2)cc1. The Morgan fingerprint density at radius 1 is 0.938 bits per heavy atom. The summed E-state index contributed by atoms with van der Waals surface area (Å²) in [4.78, 5) is 29.8. The third-order valence-corrected chi connectivity index (χ3v) is 6.61. The van der Waals surface area contributed by atoms with Gasteiger partial charge in [0.2, 0.25) is 5.91 Å². The van der Waals surface area contributed by atoms with Gasteiger partial charge in [0.05, 0.1) is 0 Å². The van der Waals surface area contributed by atoms with E-state index in [4.69, 9.17) is 0 Å². The largest absolute Gasteiger partial charge is 0.334 e. The number of rotatable bonds is 5. The third kappa shape index (κ3) is 5.28. The number of aryl methyl sites for hydroxylation is 3. The molecular formula is C27H33N3O2. The molecule has 0 fully saturated rings. The molecule has 0 unspecified atom stereocenters. The number of hydrogen-bond donors (Lipinski definition) is 1. The second-order valence-electron chi connectivity index (χ2n) is 9.14. The number of benzene rings is 2. The van der Waals surface area contributed by atoms with Gasteiger partial charge in [-0.25, -0.2) is 0 Å². The number of carbonyl (C=O) groups excluding carboxylic acids is 2. The Morgan fingerprint density at radius 3 is 2.41 bits per heavy atom. The van der Waals surface area contributed by atoms with Crippen molar-refractivity contribution in [3.05, 3.63) is 75.9 Å². The molecule has 4 rings (SSSR count). The third-order valence-electron chi connectivity index (χ3n) is 6.61. The van der Waals surface area contributed by atoms with E-state index in [2.05, 4.69) is 42.3 Å². The predicted octanol–water partition coefficient (Wildman–Crippen LogP) is 4.16. The van der Waals surface area contributed by atoms with Crippen LogP contribution in [0, 0.1) is 20.8 Å². The lowest BCUT2D eigenvalue weighted by Gasteiger charge is -2.33. The van der Waals surface area contributed by atoms with E-state index in [0.717, 1.165) is 37.2 Å². The van der Waals surface area contributed by atoms with Crippen LogP contribution in [0.15, 0.2) is 48.0 Å². The Kier molecular flexibility index (Phi) is 6.75. The van der Waals surface area contributed by atoms with Gasteiger partial charge in [0.1, 0.15) is 0 Å². The Morgan fingerprint density at radius 2 is 1.66 bits per heavy atom. The maximum absolute atomic E-state index is 13.2. The summed E-state index contributed by atoms with van der Waals surface area (Å²) in [5, 5.41) is 2.96. The van der Waals surface area contributed by atoms with Crippen LogP contribution in [0.5, 0.6) is 0 Å². The number of nitrogens with zero attached hydrogens (tertiary/aromatic N) is 2. The summed E-state index contributed by atoms with van der Waals surface area (Å²) in [6.07, 6.45) is 4.27. The summed E-state index contributed by atoms with van der Waals surface area (Å²) in [7, 11) is 0. The Hall–Kier alpha value is -2.92. The standard InChI is InChI=1S/C27H33N3O2/c1-19-6-8-25(9-7-19)28-26(31)11-13-29-12-4-5-23(17-29)27(32)30-14-10-22-15-20(2)21(3)16-24(22)18-30/h5-9,15-16H,4,10-14,17-18H2,1-3H3,(H,28,31). The number of nitrogens with one attached hydrogen (secondary N) is 1. The molecule has 32 heavy (non-hydrogen) atoms. The summed E-state index contributed by atoms with van der Waals surface area (Å²) in [5.41, 5.74) is 8.10. The van der Waals surface area contributed by atoms with E-state index in [-0.39, 0.29) is 11.8 Å². The van der Waals surface area contributed by atoms with E-state index in [1.54, 1.807) is 0 Å². The monoisotopic (exact) mass is 431 g/mol. The van der Waals surface area contributed by atoms with Crippen LogP contribution in [0.4, 0.5) is 5.69 Å². The average molecular weight is 432 g/mol. The molecule has 0 spiro atoms. The van der Waals surface area contributed by atoms with Crippen molar-refractivity contribution in [3.8, 4) is 0 Å². The lowest BCUT2D eigenvalue weighted by atomic mass is 9.94. The molecule has 2 amide bonds. The zero-order chi connectivity index (χ0) is 22.7. The zero-order valence-electron chi connectivity index (χ0n) is 19.4. The number of fused-ring (bicyclic) bond motifs is 1. The van der Waals surface area contributed by atoms with Gasteiger partial charge >= 0.3 is 0 Å². The van der Waals surface area contributed by atoms with Crippen molar-refractivity contribution in [2.75, 3.05) is 31.5 Å². The first-order valence-corrected chi connectivity index (χ1v) is 11.6. The van der Waals surface area contributed by atoms with Gasteiger partial charge in [0.15, 0.2) is 0 Å². The molecule has 0 aromatic heterocycles. The second-order valence-corrected chi connectivity index (χ2v) is 9.14. The Balaban J connectivity index is 1.30. The molecular weight excluding hydrogens is 398 g/mol. The topological polar surface area (TPSA) is 52.7 Å². The molecule has 0 radical (unpaired) electrons. The molecule has 0 saturated carbocycles. The fourth-order valence-electron chi connectivity index (χ4n) is 4.50. The smallest absolute Gasteiger partial charge is 0.251 e. The second kappa shape index (κ2) is 9.70. The van der Waals surface area contributed by atoms with Gasteiger partial charge in [-0.15, -0.1) is 0 Å². The Labute approximate surface area is 191 Å². The van der Waals surface area contributed by atoms with Crippen LogP contribution in [0.3, 0.4) is 0 Å².